The summed E-state index contributed by atoms with van der Waals surface area (Å²) >= 11 is 1.75. The molecule has 0 saturated carbocycles. The van der Waals surface area contributed by atoms with Crippen LogP contribution in [-0.4, -0.2) is 37.1 Å². The summed E-state index contributed by atoms with van der Waals surface area (Å²) in [5, 5.41) is 6.26. The second kappa shape index (κ2) is 8.88. The summed E-state index contributed by atoms with van der Waals surface area (Å²) in [6, 6.07) is 4.79. The third-order valence-corrected chi connectivity index (χ3v) is 4.50. The van der Waals surface area contributed by atoms with Crippen molar-refractivity contribution < 1.29 is 13.2 Å². The standard InChI is InChI=1S/C17H22F3N3S/c1-16(2,24-4)12-23-15(21-3)22-11-5-6-13-7-9-14(10-8-13)17(18,19)20/h7-10H,11-12H2,1-4H3,(H2,21,22,23). The number of alkyl halides is 3. The van der Waals surface area contributed by atoms with Gasteiger partial charge in [-0.25, -0.2) is 0 Å². The van der Waals surface area contributed by atoms with E-state index in [-0.39, 0.29) is 4.75 Å². The van der Waals surface area contributed by atoms with Crippen LogP contribution in [0.25, 0.3) is 0 Å². The van der Waals surface area contributed by atoms with Crippen LogP contribution < -0.4 is 10.6 Å². The van der Waals surface area contributed by atoms with Gasteiger partial charge in [-0.05, 0) is 44.4 Å². The fourth-order valence-electron chi connectivity index (χ4n) is 1.61. The zero-order chi connectivity index (χ0) is 18.2. The number of rotatable bonds is 4. The molecule has 0 aliphatic rings. The molecule has 1 rings (SSSR count). The number of nitrogens with one attached hydrogen (secondary N) is 2. The summed E-state index contributed by atoms with van der Waals surface area (Å²) in [4.78, 5) is 4.10. The Morgan fingerprint density at radius 2 is 1.79 bits per heavy atom. The molecule has 132 valence electrons. The summed E-state index contributed by atoms with van der Waals surface area (Å²) in [6.45, 7) is 5.35. The van der Waals surface area contributed by atoms with Crippen molar-refractivity contribution in [2.24, 2.45) is 4.99 Å². The second-order valence-corrected chi connectivity index (χ2v) is 7.13. The second-order valence-electron chi connectivity index (χ2n) is 5.62. The molecule has 1 aromatic carbocycles. The highest BCUT2D eigenvalue weighted by Crippen LogP contribution is 2.28. The first kappa shape index (κ1) is 20.2. The SMILES string of the molecule is CN=C(NCC#Cc1ccc(C(F)(F)F)cc1)NCC(C)(C)SC. The van der Waals surface area contributed by atoms with E-state index in [0.717, 1.165) is 18.7 Å². The Morgan fingerprint density at radius 3 is 2.29 bits per heavy atom. The Bertz CT molecular complexity index is 611. The first-order valence-corrected chi connectivity index (χ1v) is 8.56. The van der Waals surface area contributed by atoms with Crippen LogP contribution in [0.3, 0.4) is 0 Å². The van der Waals surface area contributed by atoms with Crippen molar-refractivity contribution in [3.05, 3.63) is 35.4 Å². The number of nitrogens with zero attached hydrogens (tertiary/aromatic N) is 1. The highest BCUT2D eigenvalue weighted by atomic mass is 32.2. The number of guanidine groups is 1. The number of hydrogen-bond acceptors (Lipinski definition) is 2. The Kier molecular flexibility index (Phi) is 7.49. The van der Waals surface area contributed by atoms with Gasteiger partial charge in [0.1, 0.15) is 0 Å². The van der Waals surface area contributed by atoms with Crippen LogP contribution >= 0.6 is 11.8 Å². The van der Waals surface area contributed by atoms with E-state index in [1.54, 1.807) is 18.8 Å². The van der Waals surface area contributed by atoms with Crippen LogP contribution in [0.5, 0.6) is 0 Å². The molecule has 0 saturated heterocycles. The average molecular weight is 357 g/mol. The number of aliphatic imine (C=N–C) groups is 1. The highest BCUT2D eigenvalue weighted by molar-refractivity contribution is 7.99. The number of benzene rings is 1. The molecule has 0 bridgehead atoms. The molecule has 0 aliphatic heterocycles. The minimum Gasteiger partial charge on any atom is -0.355 e. The van der Waals surface area contributed by atoms with E-state index >= 15 is 0 Å². The predicted molar refractivity (Wildman–Crippen MR) is 95.3 cm³/mol. The van der Waals surface area contributed by atoms with E-state index in [1.807, 2.05) is 6.26 Å². The Morgan fingerprint density at radius 1 is 1.17 bits per heavy atom. The van der Waals surface area contributed by atoms with E-state index in [2.05, 4.69) is 41.3 Å². The summed E-state index contributed by atoms with van der Waals surface area (Å²) in [5.74, 6) is 6.32. The van der Waals surface area contributed by atoms with Crippen LogP contribution in [0.15, 0.2) is 29.3 Å². The van der Waals surface area contributed by atoms with Crippen molar-refractivity contribution in [3.8, 4) is 11.8 Å². The molecular formula is C17H22F3N3S. The number of halogens is 3. The Balaban J connectivity index is 2.51. The summed E-state index contributed by atoms with van der Waals surface area (Å²) in [6.07, 6.45) is -2.27. The third-order valence-electron chi connectivity index (χ3n) is 3.25. The fourth-order valence-corrected chi connectivity index (χ4v) is 1.82. The topological polar surface area (TPSA) is 36.4 Å². The summed E-state index contributed by atoms with van der Waals surface area (Å²) in [7, 11) is 1.67. The molecule has 0 spiro atoms. The third kappa shape index (κ3) is 7.18. The normalized spacial score (nSPS) is 12.4. The molecule has 2 N–H and O–H groups in total. The largest absolute Gasteiger partial charge is 0.416 e. The average Bonchev–Trinajstić information content (AvgIpc) is 2.54. The van der Waals surface area contributed by atoms with Crippen molar-refractivity contribution in [1.29, 1.82) is 0 Å². The van der Waals surface area contributed by atoms with Crippen LogP contribution in [-0.2, 0) is 6.18 Å². The molecular weight excluding hydrogens is 335 g/mol. The van der Waals surface area contributed by atoms with Crippen molar-refractivity contribution in [2.45, 2.75) is 24.8 Å². The van der Waals surface area contributed by atoms with Gasteiger partial charge in [0, 0.05) is 23.9 Å². The van der Waals surface area contributed by atoms with E-state index in [1.165, 1.54) is 12.1 Å². The number of hydrogen-bond donors (Lipinski definition) is 2. The molecule has 24 heavy (non-hydrogen) atoms. The maximum atomic E-state index is 12.5. The molecule has 0 fully saturated rings. The molecule has 0 amide bonds. The first-order chi connectivity index (χ1) is 11.2. The van der Waals surface area contributed by atoms with Gasteiger partial charge in [0.05, 0.1) is 12.1 Å². The van der Waals surface area contributed by atoms with Gasteiger partial charge in [-0.15, -0.1) is 0 Å². The van der Waals surface area contributed by atoms with Gasteiger partial charge >= 0.3 is 6.18 Å². The molecule has 0 radical (unpaired) electrons. The van der Waals surface area contributed by atoms with Gasteiger partial charge in [-0.3, -0.25) is 4.99 Å². The van der Waals surface area contributed by atoms with E-state index < -0.39 is 11.7 Å². The van der Waals surface area contributed by atoms with E-state index in [9.17, 15) is 13.2 Å². The van der Waals surface area contributed by atoms with Crippen molar-refractivity contribution in [2.75, 3.05) is 26.4 Å². The molecule has 0 aromatic heterocycles. The summed E-state index contributed by atoms with van der Waals surface area (Å²) < 4.78 is 37.5. The lowest BCUT2D eigenvalue weighted by Gasteiger charge is -2.23. The highest BCUT2D eigenvalue weighted by Gasteiger charge is 2.29. The van der Waals surface area contributed by atoms with Gasteiger partial charge < -0.3 is 10.6 Å². The Labute approximate surface area is 145 Å². The Hall–Kier alpha value is -1.81. The minimum atomic E-state index is -4.32. The van der Waals surface area contributed by atoms with Crippen molar-refractivity contribution in [1.82, 2.24) is 10.6 Å². The molecule has 3 nitrogen and oxygen atoms in total. The predicted octanol–water partition coefficient (Wildman–Crippen LogP) is 3.36. The van der Waals surface area contributed by atoms with Crippen LogP contribution in [0.1, 0.15) is 25.0 Å². The maximum Gasteiger partial charge on any atom is 0.416 e. The zero-order valence-electron chi connectivity index (χ0n) is 14.2. The molecule has 7 heteroatoms. The quantitative estimate of drug-likeness (QED) is 0.493. The number of thioether (sulfide) groups is 1. The molecule has 1 aromatic rings. The van der Waals surface area contributed by atoms with Crippen molar-refractivity contribution in [3.63, 3.8) is 0 Å². The minimum absolute atomic E-state index is 0.0868. The van der Waals surface area contributed by atoms with E-state index in [4.69, 9.17) is 0 Å². The maximum absolute atomic E-state index is 12.5. The lowest BCUT2D eigenvalue weighted by atomic mass is 10.1. The molecule has 0 unspecified atom stereocenters. The lowest BCUT2D eigenvalue weighted by molar-refractivity contribution is -0.137. The smallest absolute Gasteiger partial charge is 0.355 e. The van der Waals surface area contributed by atoms with Gasteiger partial charge in [0.2, 0.25) is 0 Å². The van der Waals surface area contributed by atoms with Crippen LogP contribution in [0.4, 0.5) is 13.2 Å². The van der Waals surface area contributed by atoms with Crippen LogP contribution in [0.2, 0.25) is 0 Å². The fraction of sp³-hybridized carbons (Fsp3) is 0.471. The molecule has 0 heterocycles. The van der Waals surface area contributed by atoms with Gasteiger partial charge in [0.15, 0.2) is 5.96 Å². The monoisotopic (exact) mass is 357 g/mol. The van der Waals surface area contributed by atoms with Gasteiger partial charge in [0.25, 0.3) is 0 Å². The molecule has 0 atom stereocenters. The van der Waals surface area contributed by atoms with Crippen LogP contribution in [0, 0.1) is 11.8 Å². The molecule has 0 aliphatic carbocycles. The summed E-state index contributed by atoms with van der Waals surface area (Å²) in [5.41, 5.74) is -0.136. The van der Waals surface area contributed by atoms with Gasteiger partial charge in [-0.1, -0.05) is 11.8 Å². The van der Waals surface area contributed by atoms with E-state index in [0.29, 0.717) is 18.1 Å². The zero-order valence-corrected chi connectivity index (χ0v) is 15.0. The van der Waals surface area contributed by atoms with Gasteiger partial charge in [-0.2, -0.15) is 24.9 Å². The first-order valence-electron chi connectivity index (χ1n) is 7.34. The lowest BCUT2D eigenvalue weighted by Crippen LogP contribution is -2.43. The van der Waals surface area contributed by atoms with Crippen molar-refractivity contribution >= 4 is 17.7 Å².